The van der Waals surface area contributed by atoms with Crippen LogP contribution in [-0.4, -0.2) is 48.9 Å². The molecule has 1 heterocycles. The zero-order valence-corrected chi connectivity index (χ0v) is 10.1. The van der Waals surface area contributed by atoms with E-state index in [4.69, 9.17) is 4.74 Å². The molecule has 0 aromatic carbocycles. The van der Waals surface area contributed by atoms with E-state index < -0.39 is 0 Å². The van der Waals surface area contributed by atoms with E-state index >= 15 is 0 Å². The zero-order chi connectivity index (χ0) is 12.5. The van der Waals surface area contributed by atoms with Crippen LogP contribution in [0.1, 0.15) is 12.7 Å². The summed E-state index contributed by atoms with van der Waals surface area (Å²) in [5.74, 6) is 0.577. The van der Waals surface area contributed by atoms with E-state index in [1.54, 1.807) is 7.11 Å². The first-order valence-corrected chi connectivity index (χ1v) is 5.46. The highest BCUT2D eigenvalue weighted by Crippen LogP contribution is 1.87. The number of rotatable bonds is 8. The number of carbonyl (C=O) groups is 1. The fourth-order valence-corrected chi connectivity index (χ4v) is 1.32. The molecule has 0 bridgehead atoms. The number of aromatic nitrogens is 2. The summed E-state index contributed by atoms with van der Waals surface area (Å²) in [6.45, 7) is 3.30. The Morgan fingerprint density at radius 2 is 2.47 bits per heavy atom. The zero-order valence-electron chi connectivity index (χ0n) is 10.1. The minimum atomic E-state index is -0.0531. The van der Waals surface area contributed by atoms with E-state index in [1.807, 2.05) is 6.92 Å². The lowest BCUT2D eigenvalue weighted by Crippen LogP contribution is -2.41. The van der Waals surface area contributed by atoms with Crippen LogP contribution in [0, 0.1) is 0 Å². The lowest BCUT2D eigenvalue weighted by molar-refractivity contribution is -0.121. The van der Waals surface area contributed by atoms with Crippen LogP contribution in [0.2, 0.25) is 0 Å². The molecular weight excluding hydrogens is 224 g/mol. The highest BCUT2D eigenvalue weighted by Gasteiger charge is 2.06. The van der Waals surface area contributed by atoms with Crippen molar-refractivity contribution < 1.29 is 14.1 Å². The third-order valence-electron chi connectivity index (χ3n) is 2.04. The van der Waals surface area contributed by atoms with Crippen molar-refractivity contribution in [1.82, 2.24) is 20.8 Å². The van der Waals surface area contributed by atoms with Gasteiger partial charge in [-0.25, -0.2) is 0 Å². The molecule has 17 heavy (non-hydrogen) atoms. The summed E-state index contributed by atoms with van der Waals surface area (Å²) in [5.41, 5.74) is 0. The summed E-state index contributed by atoms with van der Waals surface area (Å²) in [6.07, 6.45) is 1.92. The van der Waals surface area contributed by atoms with Gasteiger partial charge in [0.05, 0.1) is 13.2 Å². The Morgan fingerprint density at radius 3 is 3.12 bits per heavy atom. The minimum absolute atomic E-state index is 0.0199. The normalized spacial score (nSPS) is 12.4. The molecule has 0 aliphatic carbocycles. The monoisotopic (exact) mass is 242 g/mol. The second-order valence-electron chi connectivity index (χ2n) is 3.70. The van der Waals surface area contributed by atoms with Crippen molar-refractivity contribution in [3.63, 3.8) is 0 Å². The van der Waals surface area contributed by atoms with Crippen LogP contribution in [0.5, 0.6) is 0 Å². The second-order valence-corrected chi connectivity index (χ2v) is 3.70. The molecule has 0 radical (unpaired) electrons. The van der Waals surface area contributed by atoms with Gasteiger partial charge in [0.1, 0.15) is 0 Å². The number of hydrogen-bond acceptors (Lipinski definition) is 6. The number of hydrogen-bond donors (Lipinski definition) is 2. The van der Waals surface area contributed by atoms with Crippen molar-refractivity contribution in [1.29, 1.82) is 0 Å². The Kier molecular flexibility index (Phi) is 6.19. The van der Waals surface area contributed by atoms with Crippen molar-refractivity contribution in [2.75, 3.05) is 26.8 Å². The molecule has 1 rings (SSSR count). The van der Waals surface area contributed by atoms with Crippen molar-refractivity contribution >= 4 is 5.91 Å². The highest BCUT2D eigenvalue weighted by atomic mass is 16.5. The number of ether oxygens (including phenoxy) is 1. The molecule has 0 aliphatic heterocycles. The lowest BCUT2D eigenvalue weighted by atomic mass is 10.3. The van der Waals surface area contributed by atoms with E-state index in [-0.39, 0.29) is 18.5 Å². The number of amides is 1. The number of nitrogens with one attached hydrogen (secondary N) is 2. The number of carbonyl (C=O) groups excluding carboxylic acids is 1. The average Bonchev–Trinajstić information content (AvgIpc) is 2.77. The molecule has 1 atom stereocenters. The van der Waals surface area contributed by atoms with Crippen molar-refractivity contribution in [3.8, 4) is 0 Å². The van der Waals surface area contributed by atoms with Gasteiger partial charge in [-0.1, -0.05) is 5.16 Å². The first-order valence-electron chi connectivity index (χ1n) is 5.46. The van der Waals surface area contributed by atoms with E-state index in [0.29, 0.717) is 25.4 Å². The van der Waals surface area contributed by atoms with Crippen molar-refractivity contribution in [2.24, 2.45) is 0 Å². The minimum Gasteiger partial charge on any atom is -0.383 e. The van der Waals surface area contributed by atoms with E-state index in [1.165, 1.54) is 6.39 Å². The molecule has 7 heteroatoms. The second kappa shape index (κ2) is 7.75. The van der Waals surface area contributed by atoms with Gasteiger partial charge in [-0.05, 0) is 6.92 Å². The van der Waals surface area contributed by atoms with Gasteiger partial charge in [-0.15, -0.1) is 0 Å². The van der Waals surface area contributed by atoms with Crippen molar-refractivity contribution in [3.05, 3.63) is 12.2 Å². The van der Waals surface area contributed by atoms with Gasteiger partial charge in [0.25, 0.3) is 0 Å². The molecule has 1 amide bonds. The van der Waals surface area contributed by atoms with Crippen LogP contribution in [0.3, 0.4) is 0 Å². The Bertz CT molecular complexity index is 315. The molecule has 96 valence electrons. The van der Waals surface area contributed by atoms with Crippen LogP contribution in [-0.2, 0) is 16.0 Å². The molecule has 0 saturated carbocycles. The van der Waals surface area contributed by atoms with Crippen LogP contribution in [0.15, 0.2) is 10.9 Å². The van der Waals surface area contributed by atoms with Gasteiger partial charge in [0.2, 0.25) is 12.3 Å². The molecule has 1 aromatic rings. The Hall–Kier alpha value is -1.47. The quantitative estimate of drug-likeness (QED) is 0.589. The van der Waals surface area contributed by atoms with E-state index in [2.05, 4.69) is 25.3 Å². The Labute approximate surface area is 99.9 Å². The van der Waals surface area contributed by atoms with Gasteiger partial charge in [-0.3, -0.25) is 4.79 Å². The van der Waals surface area contributed by atoms with Crippen LogP contribution in [0.4, 0.5) is 0 Å². The number of nitrogens with zero attached hydrogens (tertiary/aromatic N) is 2. The van der Waals surface area contributed by atoms with Crippen LogP contribution >= 0.6 is 0 Å². The van der Waals surface area contributed by atoms with Crippen LogP contribution in [0.25, 0.3) is 0 Å². The Balaban J connectivity index is 2.04. The van der Waals surface area contributed by atoms with Gasteiger partial charge in [0, 0.05) is 26.1 Å². The molecular formula is C10H18N4O3. The van der Waals surface area contributed by atoms with Crippen LogP contribution < -0.4 is 10.6 Å². The third kappa shape index (κ3) is 5.98. The number of methoxy groups -OCH3 is 1. The molecule has 0 saturated heterocycles. The largest absolute Gasteiger partial charge is 0.383 e. The fraction of sp³-hybridized carbons (Fsp3) is 0.700. The molecule has 2 N–H and O–H groups in total. The first-order chi connectivity index (χ1) is 8.22. The molecule has 0 aliphatic rings. The maximum absolute atomic E-state index is 11.4. The van der Waals surface area contributed by atoms with Gasteiger partial charge in [0.15, 0.2) is 5.82 Å². The molecule has 0 fully saturated rings. The SMILES string of the molecule is COCC(C)NC(=O)CNCCc1ncon1. The van der Waals surface area contributed by atoms with Gasteiger partial charge >= 0.3 is 0 Å². The summed E-state index contributed by atoms with van der Waals surface area (Å²) >= 11 is 0. The standard InChI is InChI=1S/C10H18N4O3/c1-8(6-16-2)13-10(15)5-11-4-3-9-12-7-17-14-9/h7-8,11H,3-6H2,1-2H3,(H,13,15). The fourth-order valence-electron chi connectivity index (χ4n) is 1.32. The predicted octanol–water partition coefficient (Wildman–Crippen LogP) is -0.647. The molecule has 0 spiro atoms. The smallest absolute Gasteiger partial charge is 0.234 e. The lowest BCUT2D eigenvalue weighted by Gasteiger charge is -2.12. The average molecular weight is 242 g/mol. The highest BCUT2D eigenvalue weighted by molar-refractivity contribution is 5.78. The van der Waals surface area contributed by atoms with Crippen molar-refractivity contribution in [2.45, 2.75) is 19.4 Å². The van der Waals surface area contributed by atoms with Gasteiger partial charge < -0.3 is 19.9 Å². The van der Waals surface area contributed by atoms with Gasteiger partial charge in [-0.2, -0.15) is 4.98 Å². The Morgan fingerprint density at radius 1 is 1.65 bits per heavy atom. The van der Waals surface area contributed by atoms with E-state index in [0.717, 1.165) is 0 Å². The summed E-state index contributed by atoms with van der Waals surface area (Å²) in [6, 6.07) is 0.0199. The summed E-state index contributed by atoms with van der Waals surface area (Å²) in [7, 11) is 1.60. The molecule has 1 aromatic heterocycles. The maximum Gasteiger partial charge on any atom is 0.234 e. The topological polar surface area (TPSA) is 89.3 Å². The third-order valence-corrected chi connectivity index (χ3v) is 2.04. The summed E-state index contributed by atoms with van der Waals surface area (Å²) < 4.78 is 9.51. The first kappa shape index (κ1) is 13.6. The summed E-state index contributed by atoms with van der Waals surface area (Å²) in [4.78, 5) is 15.3. The maximum atomic E-state index is 11.4. The molecule has 1 unspecified atom stereocenters. The molecule has 7 nitrogen and oxygen atoms in total. The summed E-state index contributed by atoms with van der Waals surface area (Å²) in [5, 5.41) is 9.46. The van der Waals surface area contributed by atoms with E-state index in [9.17, 15) is 4.79 Å². The predicted molar refractivity (Wildman–Crippen MR) is 60.4 cm³/mol.